The van der Waals surface area contributed by atoms with E-state index in [1.807, 2.05) is 12.1 Å². The Labute approximate surface area is 86.7 Å². The average Bonchev–Trinajstić information content (AvgIpc) is 2.16. The van der Waals surface area contributed by atoms with Crippen LogP contribution < -0.4 is 5.32 Å². The van der Waals surface area contributed by atoms with Crippen LogP contribution in [-0.4, -0.2) is 17.1 Å². The van der Waals surface area contributed by atoms with Gasteiger partial charge in [-0.15, -0.1) is 0 Å². The second-order valence-electron chi connectivity index (χ2n) is 3.38. The molecule has 14 heavy (non-hydrogen) atoms. The van der Waals surface area contributed by atoms with E-state index in [4.69, 9.17) is 16.7 Å². The van der Waals surface area contributed by atoms with Crippen molar-refractivity contribution in [3.63, 3.8) is 0 Å². The maximum Gasteiger partial charge on any atom is 0.326 e. The van der Waals surface area contributed by atoms with E-state index in [0.717, 1.165) is 17.7 Å². The molecule has 0 amide bonds. The van der Waals surface area contributed by atoms with Gasteiger partial charge in [-0.25, -0.2) is 4.79 Å². The first-order valence-electron chi connectivity index (χ1n) is 4.44. The predicted molar refractivity (Wildman–Crippen MR) is 54.8 cm³/mol. The van der Waals surface area contributed by atoms with Gasteiger partial charge in [0.05, 0.1) is 0 Å². The highest BCUT2D eigenvalue weighted by atomic mass is 35.5. The third-order valence-electron chi connectivity index (χ3n) is 2.40. The van der Waals surface area contributed by atoms with Gasteiger partial charge in [-0.1, -0.05) is 11.6 Å². The van der Waals surface area contributed by atoms with E-state index in [1.54, 1.807) is 6.07 Å². The van der Waals surface area contributed by atoms with Gasteiger partial charge in [0.1, 0.15) is 6.04 Å². The lowest BCUT2D eigenvalue weighted by molar-refractivity contribution is -0.138. The predicted octanol–water partition coefficient (Wildman–Crippen LogP) is 2.15. The Morgan fingerprint density at radius 2 is 2.36 bits per heavy atom. The number of hydrogen-bond donors (Lipinski definition) is 2. The highest BCUT2D eigenvalue weighted by Gasteiger charge is 2.22. The Morgan fingerprint density at radius 3 is 3.07 bits per heavy atom. The molecule has 2 rings (SSSR count). The number of hydrogen-bond acceptors (Lipinski definition) is 2. The molecule has 1 aromatic rings. The van der Waals surface area contributed by atoms with E-state index in [0.29, 0.717) is 11.4 Å². The minimum absolute atomic E-state index is 0.469. The number of carbonyl (C=O) groups is 1. The summed E-state index contributed by atoms with van der Waals surface area (Å²) in [6, 6.07) is 5.00. The van der Waals surface area contributed by atoms with Gasteiger partial charge in [0.2, 0.25) is 0 Å². The van der Waals surface area contributed by atoms with Gasteiger partial charge in [0.25, 0.3) is 0 Å². The van der Waals surface area contributed by atoms with Crippen molar-refractivity contribution in [1.82, 2.24) is 0 Å². The molecule has 0 aliphatic carbocycles. The molecule has 0 radical (unpaired) electrons. The quantitative estimate of drug-likeness (QED) is 0.749. The van der Waals surface area contributed by atoms with Crippen molar-refractivity contribution in [3.8, 4) is 0 Å². The second-order valence-corrected chi connectivity index (χ2v) is 3.81. The summed E-state index contributed by atoms with van der Waals surface area (Å²) in [4.78, 5) is 10.7. The Morgan fingerprint density at radius 1 is 1.57 bits per heavy atom. The lowest BCUT2D eigenvalue weighted by Gasteiger charge is -2.23. The summed E-state index contributed by atoms with van der Waals surface area (Å²) >= 11 is 5.83. The van der Waals surface area contributed by atoms with Crippen LogP contribution in [0.3, 0.4) is 0 Å². The lowest BCUT2D eigenvalue weighted by Crippen LogP contribution is -2.33. The molecule has 0 saturated carbocycles. The van der Waals surface area contributed by atoms with Crippen molar-refractivity contribution in [2.24, 2.45) is 0 Å². The molecule has 0 saturated heterocycles. The summed E-state index contributed by atoms with van der Waals surface area (Å²) in [6.07, 6.45) is 1.38. The van der Waals surface area contributed by atoms with Gasteiger partial charge in [-0.05, 0) is 36.6 Å². The van der Waals surface area contributed by atoms with Gasteiger partial charge < -0.3 is 10.4 Å². The second kappa shape index (κ2) is 3.50. The monoisotopic (exact) mass is 211 g/mol. The number of rotatable bonds is 1. The number of carboxylic acids is 1. The van der Waals surface area contributed by atoms with Crippen molar-refractivity contribution in [2.75, 3.05) is 5.32 Å². The lowest BCUT2D eigenvalue weighted by atomic mass is 9.98. The molecule has 0 spiro atoms. The summed E-state index contributed by atoms with van der Waals surface area (Å²) < 4.78 is 0. The first-order chi connectivity index (χ1) is 6.66. The summed E-state index contributed by atoms with van der Waals surface area (Å²) in [6.45, 7) is 0. The molecule has 1 aromatic carbocycles. The third kappa shape index (κ3) is 1.68. The van der Waals surface area contributed by atoms with E-state index in [1.165, 1.54) is 0 Å². The zero-order chi connectivity index (χ0) is 10.1. The number of carboxylic acid groups (broad SMARTS) is 1. The van der Waals surface area contributed by atoms with Gasteiger partial charge in [-0.2, -0.15) is 0 Å². The highest BCUT2D eigenvalue weighted by molar-refractivity contribution is 6.30. The van der Waals surface area contributed by atoms with E-state index in [9.17, 15) is 4.79 Å². The Kier molecular flexibility index (Phi) is 2.33. The molecule has 1 heterocycles. The Bertz CT molecular complexity index is 378. The minimum Gasteiger partial charge on any atom is -0.480 e. The number of aliphatic carboxylic acids is 1. The minimum atomic E-state index is -0.800. The van der Waals surface area contributed by atoms with Gasteiger partial charge in [-0.3, -0.25) is 0 Å². The van der Waals surface area contributed by atoms with Crippen LogP contribution in [0.4, 0.5) is 5.69 Å². The Hall–Kier alpha value is -1.22. The van der Waals surface area contributed by atoms with Crippen LogP contribution in [-0.2, 0) is 11.2 Å². The van der Waals surface area contributed by atoms with Crippen molar-refractivity contribution in [3.05, 3.63) is 28.8 Å². The molecule has 0 aromatic heterocycles. The molecule has 4 heteroatoms. The van der Waals surface area contributed by atoms with Gasteiger partial charge in [0.15, 0.2) is 0 Å². The van der Waals surface area contributed by atoms with Crippen LogP contribution in [0, 0.1) is 0 Å². The van der Waals surface area contributed by atoms with Crippen molar-refractivity contribution < 1.29 is 9.90 Å². The first kappa shape index (κ1) is 9.34. The van der Waals surface area contributed by atoms with Gasteiger partial charge in [0, 0.05) is 10.7 Å². The topological polar surface area (TPSA) is 49.3 Å². The van der Waals surface area contributed by atoms with Crippen LogP contribution in [0.1, 0.15) is 12.0 Å². The molecule has 1 atom stereocenters. The third-order valence-corrected chi connectivity index (χ3v) is 2.63. The zero-order valence-electron chi connectivity index (χ0n) is 7.46. The molecule has 2 N–H and O–H groups in total. The number of fused-ring (bicyclic) bond motifs is 1. The fourth-order valence-corrected chi connectivity index (χ4v) is 1.85. The van der Waals surface area contributed by atoms with Crippen LogP contribution in [0.15, 0.2) is 18.2 Å². The average molecular weight is 212 g/mol. The molecule has 1 aliphatic rings. The fraction of sp³-hybridized carbons (Fsp3) is 0.300. The van der Waals surface area contributed by atoms with Crippen molar-refractivity contribution in [2.45, 2.75) is 18.9 Å². The number of nitrogens with one attached hydrogen (secondary N) is 1. The number of halogens is 1. The van der Waals surface area contributed by atoms with Crippen LogP contribution in [0.25, 0.3) is 0 Å². The largest absolute Gasteiger partial charge is 0.480 e. The Balaban J connectivity index is 2.27. The summed E-state index contributed by atoms with van der Waals surface area (Å²) in [5.41, 5.74) is 1.98. The SMILES string of the molecule is O=C(O)[C@H]1CCc2cc(Cl)ccc2N1. The van der Waals surface area contributed by atoms with E-state index >= 15 is 0 Å². The van der Waals surface area contributed by atoms with E-state index in [-0.39, 0.29) is 0 Å². The smallest absolute Gasteiger partial charge is 0.326 e. The molecular formula is C10H10ClNO2. The van der Waals surface area contributed by atoms with Crippen molar-refractivity contribution in [1.29, 1.82) is 0 Å². The highest BCUT2D eigenvalue weighted by Crippen LogP contribution is 2.27. The molecule has 0 unspecified atom stereocenters. The van der Waals surface area contributed by atoms with Crippen molar-refractivity contribution >= 4 is 23.3 Å². The van der Waals surface area contributed by atoms with E-state index < -0.39 is 12.0 Å². The summed E-state index contributed by atoms with van der Waals surface area (Å²) in [7, 11) is 0. The summed E-state index contributed by atoms with van der Waals surface area (Å²) in [5, 5.41) is 12.5. The fourth-order valence-electron chi connectivity index (χ4n) is 1.65. The van der Waals surface area contributed by atoms with Crippen LogP contribution in [0.5, 0.6) is 0 Å². The van der Waals surface area contributed by atoms with Gasteiger partial charge >= 0.3 is 5.97 Å². The molecule has 74 valence electrons. The summed E-state index contributed by atoms with van der Waals surface area (Å²) in [5.74, 6) is -0.800. The molecule has 0 bridgehead atoms. The molecular weight excluding hydrogens is 202 g/mol. The maximum atomic E-state index is 10.7. The molecule has 3 nitrogen and oxygen atoms in total. The maximum absolute atomic E-state index is 10.7. The number of aryl methyl sites for hydroxylation is 1. The molecule has 0 fully saturated rings. The number of benzene rings is 1. The van der Waals surface area contributed by atoms with Crippen LogP contribution >= 0.6 is 11.6 Å². The standard InChI is InChI=1S/C10H10ClNO2/c11-7-2-4-8-6(5-7)1-3-9(12-8)10(13)14/h2,4-5,9,12H,1,3H2,(H,13,14)/t9-/m1/s1. The normalized spacial score (nSPS) is 19.6. The molecule has 1 aliphatic heterocycles. The first-order valence-corrected chi connectivity index (χ1v) is 4.82. The van der Waals surface area contributed by atoms with E-state index in [2.05, 4.69) is 5.32 Å². The van der Waals surface area contributed by atoms with Crippen LogP contribution in [0.2, 0.25) is 5.02 Å². The number of anilines is 1. The zero-order valence-corrected chi connectivity index (χ0v) is 8.21.